The van der Waals surface area contributed by atoms with Gasteiger partial charge in [-0.25, -0.2) is 4.98 Å². The minimum Gasteiger partial charge on any atom is -0.309 e. The second kappa shape index (κ2) is 8.23. The van der Waals surface area contributed by atoms with E-state index in [2.05, 4.69) is 4.90 Å². The summed E-state index contributed by atoms with van der Waals surface area (Å²) in [6.07, 6.45) is 5.27. The molecule has 2 heterocycles. The van der Waals surface area contributed by atoms with E-state index in [-0.39, 0.29) is 16.6 Å². The van der Waals surface area contributed by atoms with E-state index in [9.17, 15) is 9.59 Å². The standard InChI is InChI=1S/C19H27N3O2S2/c1-12(23)13(2)25-19-20-17-16(14-8-5-6-9-15(14)26-17)18(24)22(19)11-7-10-21(3)4/h13H,5-11H2,1-4H3. The summed E-state index contributed by atoms with van der Waals surface area (Å²) in [5.74, 6) is 0.106. The number of Topliss-reactive ketones (excluding diaryl/α,β-unsaturated/α-hetero) is 1. The van der Waals surface area contributed by atoms with Crippen molar-refractivity contribution in [2.75, 3.05) is 20.6 Å². The molecule has 0 aromatic carbocycles. The zero-order valence-corrected chi connectivity index (χ0v) is 17.6. The van der Waals surface area contributed by atoms with Crippen LogP contribution in [0.2, 0.25) is 0 Å². The molecule has 0 spiro atoms. The number of nitrogens with zero attached hydrogens (tertiary/aromatic N) is 3. The zero-order valence-electron chi connectivity index (χ0n) is 16.0. The van der Waals surface area contributed by atoms with Crippen LogP contribution in [0.4, 0.5) is 0 Å². The first kappa shape index (κ1) is 19.6. The fraction of sp³-hybridized carbons (Fsp3) is 0.632. The van der Waals surface area contributed by atoms with Gasteiger partial charge in [0.25, 0.3) is 5.56 Å². The van der Waals surface area contributed by atoms with Gasteiger partial charge in [-0.15, -0.1) is 11.3 Å². The maximum Gasteiger partial charge on any atom is 0.263 e. The van der Waals surface area contributed by atoms with Gasteiger partial charge in [-0.05, 0) is 72.2 Å². The van der Waals surface area contributed by atoms with Crippen molar-refractivity contribution in [3.63, 3.8) is 0 Å². The second-order valence-electron chi connectivity index (χ2n) is 7.27. The summed E-state index contributed by atoms with van der Waals surface area (Å²) in [5, 5.41) is 1.31. The van der Waals surface area contributed by atoms with Gasteiger partial charge >= 0.3 is 0 Å². The lowest BCUT2D eigenvalue weighted by Crippen LogP contribution is -2.26. The number of rotatable bonds is 7. The van der Waals surface area contributed by atoms with Gasteiger partial charge in [-0.2, -0.15) is 0 Å². The van der Waals surface area contributed by atoms with E-state index in [0.717, 1.165) is 42.4 Å². The molecule has 0 aliphatic heterocycles. The topological polar surface area (TPSA) is 55.2 Å². The summed E-state index contributed by atoms with van der Waals surface area (Å²) < 4.78 is 1.80. The largest absolute Gasteiger partial charge is 0.309 e. The highest BCUT2D eigenvalue weighted by molar-refractivity contribution is 8.00. The number of aryl methyl sites for hydroxylation is 2. The minimum absolute atomic E-state index is 0.0754. The van der Waals surface area contributed by atoms with Crippen LogP contribution in [-0.4, -0.2) is 46.1 Å². The lowest BCUT2D eigenvalue weighted by Gasteiger charge is -2.16. The molecule has 2 aromatic heterocycles. The van der Waals surface area contributed by atoms with Crippen molar-refractivity contribution >= 4 is 39.1 Å². The van der Waals surface area contributed by atoms with Crippen LogP contribution in [0, 0.1) is 0 Å². The first-order valence-electron chi connectivity index (χ1n) is 9.25. The Morgan fingerprint density at radius 3 is 2.77 bits per heavy atom. The van der Waals surface area contributed by atoms with Crippen LogP contribution < -0.4 is 5.56 Å². The second-order valence-corrected chi connectivity index (χ2v) is 9.66. The molecule has 1 atom stereocenters. The molecule has 5 nitrogen and oxygen atoms in total. The quantitative estimate of drug-likeness (QED) is 0.533. The third-order valence-corrected chi connectivity index (χ3v) is 7.28. The number of ketones is 1. The molecule has 1 aliphatic rings. The molecule has 2 aromatic rings. The smallest absolute Gasteiger partial charge is 0.263 e. The number of thiophene rings is 1. The molecule has 0 saturated carbocycles. The van der Waals surface area contributed by atoms with E-state index >= 15 is 0 Å². The Balaban J connectivity index is 2.07. The number of fused-ring (bicyclic) bond motifs is 3. The Bertz CT molecular complexity index is 870. The molecule has 26 heavy (non-hydrogen) atoms. The Labute approximate surface area is 162 Å². The summed E-state index contributed by atoms with van der Waals surface area (Å²) in [6, 6.07) is 0. The third kappa shape index (κ3) is 4.05. The molecule has 0 amide bonds. The first-order valence-corrected chi connectivity index (χ1v) is 10.9. The average Bonchev–Trinajstić information content (AvgIpc) is 2.95. The van der Waals surface area contributed by atoms with E-state index in [0.29, 0.717) is 11.7 Å². The number of carbonyl (C=O) groups is 1. The molecule has 0 bridgehead atoms. The Hall–Kier alpha value is -1.18. The van der Waals surface area contributed by atoms with Crippen LogP contribution in [0.3, 0.4) is 0 Å². The van der Waals surface area contributed by atoms with Crippen molar-refractivity contribution in [2.24, 2.45) is 0 Å². The number of carbonyl (C=O) groups excluding carboxylic acids is 1. The molecule has 0 radical (unpaired) electrons. The predicted molar refractivity (Wildman–Crippen MR) is 110 cm³/mol. The molecule has 7 heteroatoms. The van der Waals surface area contributed by atoms with E-state index < -0.39 is 0 Å². The number of hydrogen-bond acceptors (Lipinski definition) is 6. The van der Waals surface area contributed by atoms with Crippen molar-refractivity contribution in [2.45, 2.75) is 62.9 Å². The summed E-state index contributed by atoms with van der Waals surface area (Å²) in [7, 11) is 4.07. The molecule has 1 aliphatic carbocycles. The zero-order chi connectivity index (χ0) is 18.8. The van der Waals surface area contributed by atoms with Gasteiger partial charge in [-0.1, -0.05) is 11.8 Å². The van der Waals surface area contributed by atoms with E-state index in [4.69, 9.17) is 4.98 Å². The van der Waals surface area contributed by atoms with Crippen LogP contribution in [0.1, 0.15) is 43.6 Å². The maximum atomic E-state index is 13.3. The van der Waals surface area contributed by atoms with Gasteiger partial charge in [-0.3, -0.25) is 14.2 Å². The summed E-state index contributed by atoms with van der Waals surface area (Å²) in [4.78, 5) is 34.2. The third-order valence-electron chi connectivity index (χ3n) is 4.88. The number of aromatic nitrogens is 2. The summed E-state index contributed by atoms with van der Waals surface area (Å²) in [6.45, 7) is 5.03. The Morgan fingerprint density at radius 2 is 2.08 bits per heavy atom. The molecular formula is C19H27N3O2S2. The fourth-order valence-corrected chi connectivity index (χ4v) is 5.53. The molecular weight excluding hydrogens is 366 g/mol. The van der Waals surface area contributed by atoms with Crippen molar-refractivity contribution in [1.29, 1.82) is 0 Å². The Kier molecular flexibility index (Phi) is 6.20. The monoisotopic (exact) mass is 393 g/mol. The van der Waals surface area contributed by atoms with Gasteiger partial charge in [0, 0.05) is 11.4 Å². The number of thioether (sulfide) groups is 1. The molecule has 0 N–H and O–H groups in total. The lowest BCUT2D eigenvalue weighted by atomic mass is 9.97. The van der Waals surface area contributed by atoms with Crippen molar-refractivity contribution in [3.05, 3.63) is 20.8 Å². The highest BCUT2D eigenvalue weighted by atomic mass is 32.2. The Morgan fingerprint density at radius 1 is 1.35 bits per heavy atom. The van der Waals surface area contributed by atoms with Gasteiger partial charge in [0.15, 0.2) is 5.16 Å². The minimum atomic E-state index is -0.200. The molecule has 0 saturated heterocycles. The average molecular weight is 394 g/mol. The van der Waals surface area contributed by atoms with E-state index in [1.165, 1.54) is 28.6 Å². The van der Waals surface area contributed by atoms with E-state index in [1.807, 2.05) is 21.0 Å². The van der Waals surface area contributed by atoms with Gasteiger partial charge in [0.05, 0.1) is 10.6 Å². The van der Waals surface area contributed by atoms with Gasteiger partial charge in [0.1, 0.15) is 10.6 Å². The normalized spacial score (nSPS) is 15.4. The highest BCUT2D eigenvalue weighted by Gasteiger charge is 2.23. The SMILES string of the molecule is CC(=O)C(C)Sc1nc2sc3c(c2c(=O)n1CCCN(C)C)CCCC3. The van der Waals surface area contributed by atoms with Crippen LogP contribution in [0.25, 0.3) is 10.2 Å². The molecule has 1 unspecified atom stereocenters. The van der Waals surface area contributed by atoms with Gasteiger partial charge in [0.2, 0.25) is 0 Å². The van der Waals surface area contributed by atoms with Crippen molar-refractivity contribution in [1.82, 2.24) is 14.5 Å². The maximum absolute atomic E-state index is 13.3. The first-order chi connectivity index (χ1) is 12.4. The van der Waals surface area contributed by atoms with Crippen LogP contribution >= 0.6 is 23.1 Å². The highest BCUT2D eigenvalue weighted by Crippen LogP contribution is 2.35. The van der Waals surface area contributed by atoms with Gasteiger partial charge < -0.3 is 4.90 Å². The number of hydrogen-bond donors (Lipinski definition) is 0. The molecule has 0 fully saturated rings. The van der Waals surface area contributed by atoms with Crippen LogP contribution in [0.15, 0.2) is 9.95 Å². The molecule has 142 valence electrons. The van der Waals surface area contributed by atoms with Crippen molar-refractivity contribution in [3.8, 4) is 0 Å². The lowest BCUT2D eigenvalue weighted by molar-refractivity contribution is -0.116. The van der Waals surface area contributed by atoms with Crippen molar-refractivity contribution < 1.29 is 4.79 Å². The van der Waals surface area contributed by atoms with Crippen LogP contribution in [-0.2, 0) is 24.2 Å². The summed E-state index contributed by atoms with van der Waals surface area (Å²) in [5.41, 5.74) is 1.30. The van der Waals surface area contributed by atoms with Crippen LogP contribution in [0.5, 0.6) is 0 Å². The predicted octanol–water partition coefficient (Wildman–Crippen LogP) is 3.36. The molecule has 3 rings (SSSR count). The van der Waals surface area contributed by atoms with E-state index in [1.54, 1.807) is 22.8 Å². The summed E-state index contributed by atoms with van der Waals surface area (Å²) >= 11 is 3.08. The fourth-order valence-electron chi connectivity index (χ4n) is 3.29.